The Balaban J connectivity index is 2.02. The van der Waals surface area contributed by atoms with Crippen molar-refractivity contribution in [2.75, 3.05) is 18.0 Å². The van der Waals surface area contributed by atoms with Gasteiger partial charge in [0.15, 0.2) is 11.6 Å². The average molecular weight is 280 g/mol. The molecule has 1 aromatic carbocycles. The zero-order valence-electron chi connectivity index (χ0n) is 10.8. The average Bonchev–Trinajstić information content (AvgIpc) is 2.81. The van der Waals surface area contributed by atoms with Gasteiger partial charge < -0.3 is 10.2 Å². The van der Waals surface area contributed by atoms with Crippen molar-refractivity contribution >= 4 is 17.5 Å². The third-order valence-electron chi connectivity index (χ3n) is 3.14. The molecule has 2 amide bonds. The number of hydrogen-bond acceptors (Lipinski definition) is 2. The molecule has 1 N–H and O–H groups in total. The van der Waals surface area contributed by atoms with E-state index in [4.69, 9.17) is 0 Å². The third kappa shape index (κ3) is 2.84. The Morgan fingerprint density at radius 1 is 1.35 bits per heavy atom. The molecule has 1 aliphatic rings. The molecule has 0 fully saturated rings. The first-order chi connectivity index (χ1) is 9.52. The smallest absolute Gasteiger partial charge is 0.243 e. The second kappa shape index (κ2) is 5.81. The van der Waals surface area contributed by atoms with Crippen LogP contribution in [0, 0.1) is 11.6 Å². The van der Waals surface area contributed by atoms with E-state index < -0.39 is 11.6 Å². The molecule has 20 heavy (non-hydrogen) atoms. The Morgan fingerprint density at radius 3 is 2.75 bits per heavy atom. The largest absolute Gasteiger partial charge is 0.352 e. The van der Waals surface area contributed by atoms with Crippen LogP contribution in [-0.4, -0.2) is 24.9 Å². The first-order valence-corrected chi connectivity index (χ1v) is 6.21. The van der Waals surface area contributed by atoms with Crippen LogP contribution in [0.15, 0.2) is 24.8 Å². The zero-order valence-corrected chi connectivity index (χ0v) is 10.8. The van der Waals surface area contributed by atoms with E-state index in [2.05, 4.69) is 11.9 Å². The van der Waals surface area contributed by atoms with Crippen molar-refractivity contribution in [3.05, 3.63) is 42.0 Å². The van der Waals surface area contributed by atoms with Crippen LogP contribution < -0.4 is 10.2 Å². The summed E-state index contributed by atoms with van der Waals surface area (Å²) in [4.78, 5) is 24.4. The molecule has 1 aliphatic heterocycles. The normalized spacial score (nSPS) is 13.0. The number of halogens is 2. The van der Waals surface area contributed by atoms with Crippen LogP contribution in [0.5, 0.6) is 0 Å². The monoisotopic (exact) mass is 280 g/mol. The van der Waals surface area contributed by atoms with Gasteiger partial charge in [-0.1, -0.05) is 6.58 Å². The highest BCUT2D eigenvalue weighted by Gasteiger charge is 2.26. The van der Waals surface area contributed by atoms with Crippen LogP contribution in [0.1, 0.15) is 12.0 Å². The minimum Gasteiger partial charge on any atom is -0.352 e. The summed E-state index contributed by atoms with van der Waals surface area (Å²) in [5.41, 5.74) is 1.02. The molecular weight excluding hydrogens is 266 g/mol. The molecular formula is C14H14F2N2O2. The number of carbonyl (C=O) groups excluding carboxylic acids is 2. The molecule has 0 aliphatic carbocycles. The maximum Gasteiger partial charge on any atom is 0.243 e. The van der Waals surface area contributed by atoms with Gasteiger partial charge in [0.2, 0.25) is 11.8 Å². The highest BCUT2D eigenvalue weighted by atomic mass is 19.2. The Labute approximate surface area is 115 Å². The highest BCUT2D eigenvalue weighted by molar-refractivity contribution is 5.96. The van der Waals surface area contributed by atoms with Gasteiger partial charge in [-0.3, -0.25) is 9.59 Å². The van der Waals surface area contributed by atoms with Gasteiger partial charge in [-0.05, 0) is 24.1 Å². The van der Waals surface area contributed by atoms with E-state index in [1.807, 2.05) is 0 Å². The standard InChI is InChI=1S/C14H14F2N2O2/c1-2-13(19)17-5-3-14(20)18-6-4-9-7-10(15)11(16)8-12(9)18/h2,7-8H,1,3-6H2,(H,17,19). The Hall–Kier alpha value is -2.24. The van der Waals surface area contributed by atoms with Crippen molar-refractivity contribution in [2.45, 2.75) is 12.8 Å². The molecule has 1 heterocycles. The minimum atomic E-state index is -0.969. The maximum atomic E-state index is 13.2. The molecule has 0 saturated heterocycles. The summed E-state index contributed by atoms with van der Waals surface area (Å²) in [6.45, 7) is 3.87. The van der Waals surface area contributed by atoms with Crippen molar-refractivity contribution in [3.63, 3.8) is 0 Å². The molecule has 0 unspecified atom stereocenters. The van der Waals surface area contributed by atoms with Crippen LogP contribution in [0.4, 0.5) is 14.5 Å². The van der Waals surface area contributed by atoms with Gasteiger partial charge in [0.1, 0.15) is 0 Å². The number of fused-ring (bicyclic) bond motifs is 1. The molecule has 0 saturated carbocycles. The van der Waals surface area contributed by atoms with E-state index in [1.165, 1.54) is 4.90 Å². The second-order valence-electron chi connectivity index (χ2n) is 4.44. The number of anilines is 1. The van der Waals surface area contributed by atoms with Crippen LogP contribution in [0.3, 0.4) is 0 Å². The second-order valence-corrected chi connectivity index (χ2v) is 4.44. The summed E-state index contributed by atoms with van der Waals surface area (Å²) in [6, 6.07) is 2.16. The van der Waals surface area contributed by atoms with Crippen molar-refractivity contribution < 1.29 is 18.4 Å². The Kier molecular flexibility index (Phi) is 4.12. The minimum absolute atomic E-state index is 0.0953. The van der Waals surface area contributed by atoms with Gasteiger partial charge in [0.05, 0.1) is 0 Å². The lowest BCUT2D eigenvalue weighted by Crippen LogP contribution is -2.33. The van der Waals surface area contributed by atoms with Crippen LogP contribution in [0.25, 0.3) is 0 Å². The van der Waals surface area contributed by atoms with Crippen molar-refractivity contribution in [1.82, 2.24) is 5.32 Å². The molecule has 1 aromatic rings. The van der Waals surface area contributed by atoms with E-state index in [0.717, 1.165) is 18.2 Å². The predicted molar refractivity (Wildman–Crippen MR) is 70.2 cm³/mol. The fraction of sp³-hybridized carbons (Fsp3) is 0.286. The maximum absolute atomic E-state index is 13.2. The van der Waals surface area contributed by atoms with Gasteiger partial charge in [0.25, 0.3) is 0 Å². The third-order valence-corrected chi connectivity index (χ3v) is 3.14. The quantitative estimate of drug-likeness (QED) is 0.851. The van der Waals surface area contributed by atoms with Crippen molar-refractivity contribution in [3.8, 4) is 0 Å². The molecule has 106 valence electrons. The summed E-state index contributed by atoms with van der Waals surface area (Å²) in [5.74, 6) is -2.47. The lowest BCUT2D eigenvalue weighted by atomic mass is 10.1. The van der Waals surface area contributed by atoms with E-state index in [9.17, 15) is 18.4 Å². The molecule has 0 bridgehead atoms. The van der Waals surface area contributed by atoms with Crippen molar-refractivity contribution in [1.29, 1.82) is 0 Å². The molecule has 4 nitrogen and oxygen atoms in total. The van der Waals surface area contributed by atoms with Gasteiger partial charge in [-0.15, -0.1) is 0 Å². The highest BCUT2D eigenvalue weighted by Crippen LogP contribution is 2.30. The summed E-state index contributed by atoms with van der Waals surface area (Å²) >= 11 is 0. The lowest BCUT2D eigenvalue weighted by molar-refractivity contribution is -0.119. The van der Waals surface area contributed by atoms with Gasteiger partial charge >= 0.3 is 0 Å². The number of benzene rings is 1. The van der Waals surface area contributed by atoms with Crippen LogP contribution in [-0.2, 0) is 16.0 Å². The van der Waals surface area contributed by atoms with E-state index in [1.54, 1.807) is 0 Å². The van der Waals surface area contributed by atoms with Crippen molar-refractivity contribution in [2.24, 2.45) is 0 Å². The molecule has 2 rings (SSSR count). The number of carbonyl (C=O) groups is 2. The topological polar surface area (TPSA) is 49.4 Å². The summed E-state index contributed by atoms with van der Waals surface area (Å²) in [7, 11) is 0. The number of rotatable bonds is 4. The fourth-order valence-electron chi connectivity index (χ4n) is 2.14. The zero-order chi connectivity index (χ0) is 14.7. The van der Waals surface area contributed by atoms with E-state index in [-0.39, 0.29) is 24.8 Å². The van der Waals surface area contributed by atoms with E-state index >= 15 is 0 Å². The summed E-state index contributed by atoms with van der Waals surface area (Å²) in [6.07, 6.45) is 1.71. The number of hydrogen-bond donors (Lipinski definition) is 1. The number of amides is 2. The van der Waals surface area contributed by atoms with Crippen LogP contribution in [0.2, 0.25) is 0 Å². The number of nitrogens with one attached hydrogen (secondary N) is 1. The fourth-order valence-corrected chi connectivity index (χ4v) is 2.14. The van der Waals surface area contributed by atoms with Crippen LogP contribution >= 0.6 is 0 Å². The Bertz CT molecular complexity index is 573. The van der Waals surface area contributed by atoms with Gasteiger partial charge in [-0.25, -0.2) is 8.78 Å². The summed E-state index contributed by atoms with van der Waals surface area (Å²) in [5, 5.41) is 2.49. The predicted octanol–water partition coefficient (Wildman–Crippen LogP) is 1.55. The Morgan fingerprint density at radius 2 is 2.05 bits per heavy atom. The first kappa shape index (κ1) is 14.2. The molecule has 0 atom stereocenters. The lowest BCUT2D eigenvalue weighted by Gasteiger charge is -2.17. The van der Waals surface area contributed by atoms with E-state index in [0.29, 0.717) is 24.2 Å². The molecule has 0 aromatic heterocycles. The van der Waals surface area contributed by atoms with Gasteiger partial charge in [0, 0.05) is 31.3 Å². The SMILES string of the molecule is C=CC(=O)NCCC(=O)N1CCc2cc(F)c(F)cc21. The molecule has 6 heteroatoms. The molecule has 0 radical (unpaired) electrons. The molecule has 0 spiro atoms. The number of nitrogens with zero attached hydrogens (tertiary/aromatic N) is 1. The first-order valence-electron chi connectivity index (χ1n) is 6.21. The summed E-state index contributed by atoms with van der Waals surface area (Å²) < 4.78 is 26.3. The van der Waals surface area contributed by atoms with Gasteiger partial charge in [-0.2, -0.15) is 0 Å².